The molecule has 1 N–H and O–H groups in total. The lowest BCUT2D eigenvalue weighted by Gasteiger charge is -2.45. The van der Waals surface area contributed by atoms with Gasteiger partial charge in [0, 0.05) is 29.9 Å². The van der Waals surface area contributed by atoms with E-state index in [-0.39, 0.29) is 5.54 Å². The molecule has 1 aromatic rings. The topological polar surface area (TPSA) is 45.1 Å². The van der Waals surface area contributed by atoms with E-state index in [0.29, 0.717) is 5.92 Å². The first-order valence-electron chi connectivity index (χ1n) is 6.54. The highest BCUT2D eigenvalue weighted by atomic mass is 16.5. The number of hydrogen-bond donors (Lipinski definition) is 1. The summed E-state index contributed by atoms with van der Waals surface area (Å²) < 4.78 is 5.39. The van der Waals surface area contributed by atoms with Crippen molar-refractivity contribution in [2.45, 2.75) is 38.6 Å². The van der Waals surface area contributed by atoms with Crippen LogP contribution in [0.2, 0.25) is 0 Å². The average molecular weight is 262 g/mol. The predicted octanol–water partition coefficient (Wildman–Crippen LogP) is 3.23. The van der Waals surface area contributed by atoms with Gasteiger partial charge in [0.25, 0.3) is 0 Å². The molecule has 0 radical (unpaired) electrons. The molecule has 0 aromatic heterocycles. The van der Waals surface area contributed by atoms with E-state index < -0.39 is 0 Å². The Morgan fingerprint density at radius 2 is 2.16 bits per heavy atom. The van der Waals surface area contributed by atoms with Crippen LogP contribution >= 0.6 is 0 Å². The molecule has 0 saturated heterocycles. The van der Waals surface area contributed by atoms with Crippen LogP contribution in [-0.4, -0.2) is 31.1 Å². The van der Waals surface area contributed by atoms with Crippen molar-refractivity contribution in [1.29, 1.82) is 0 Å². The third-order valence-electron chi connectivity index (χ3n) is 4.18. The molecule has 1 aromatic carbocycles. The van der Waals surface area contributed by atoms with Gasteiger partial charge in [-0.15, -0.1) is 0 Å². The molecular weight excluding hydrogens is 240 g/mol. The summed E-state index contributed by atoms with van der Waals surface area (Å²) in [6, 6.07) is 4.09. The van der Waals surface area contributed by atoms with Gasteiger partial charge in [-0.05, 0) is 37.8 Å². The fourth-order valence-electron chi connectivity index (χ4n) is 2.95. The van der Waals surface area contributed by atoms with Crippen molar-refractivity contribution >= 4 is 11.9 Å². The summed E-state index contributed by atoms with van der Waals surface area (Å²) in [7, 11) is 3.75. The highest BCUT2D eigenvalue weighted by Gasteiger charge is 2.34. The Kier molecular flexibility index (Phi) is 3.43. The molecule has 1 heterocycles. The van der Waals surface area contributed by atoms with Crippen molar-refractivity contribution in [2.24, 2.45) is 5.16 Å². The van der Waals surface area contributed by atoms with E-state index >= 15 is 0 Å². The maximum absolute atomic E-state index is 8.75. The van der Waals surface area contributed by atoms with Crippen molar-refractivity contribution in [3.05, 3.63) is 23.3 Å². The quantitative estimate of drug-likeness (QED) is 0.505. The molecule has 4 heteroatoms. The SMILES string of the molecule is COc1cc2c(cc1C=NO)C(C)CC(C)(C)N2C. The van der Waals surface area contributed by atoms with Gasteiger partial charge in [0.1, 0.15) is 5.75 Å². The molecule has 0 amide bonds. The van der Waals surface area contributed by atoms with E-state index in [0.717, 1.165) is 17.7 Å². The molecule has 19 heavy (non-hydrogen) atoms. The zero-order chi connectivity index (χ0) is 14.2. The van der Waals surface area contributed by atoms with E-state index in [1.165, 1.54) is 17.5 Å². The zero-order valence-electron chi connectivity index (χ0n) is 12.3. The third kappa shape index (κ3) is 2.27. The molecule has 2 rings (SSSR count). The van der Waals surface area contributed by atoms with Crippen molar-refractivity contribution in [2.75, 3.05) is 19.1 Å². The molecular formula is C15H22N2O2. The summed E-state index contributed by atoms with van der Waals surface area (Å²) in [5.74, 6) is 1.20. The van der Waals surface area contributed by atoms with E-state index in [1.54, 1.807) is 7.11 Å². The minimum atomic E-state index is 0.129. The number of anilines is 1. The summed E-state index contributed by atoms with van der Waals surface area (Å²) in [6.45, 7) is 6.74. The van der Waals surface area contributed by atoms with Crippen LogP contribution in [0.5, 0.6) is 5.75 Å². The van der Waals surface area contributed by atoms with Crippen LogP contribution in [-0.2, 0) is 0 Å². The number of rotatable bonds is 2. The van der Waals surface area contributed by atoms with Gasteiger partial charge in [-0.25, -0.2) is 0 Å². The number of oxime groups is 1. The Bertz CT molecular complexity index is 509. The predicted molar refractivity (Wildman–Crippen MR) is 77.9 cm³/mol. The lowest BCUT2D eigenvalue weighted by molar-refractivity contribution is 0.321. The molecule has 0 aliphatic carbocycles. The van der Waals surface area contributed by atoms with Gasteiger partial charge < -0.3 is 14.8 Å². The number of methoxy groups -OCH3 is 1. The first-order chi connectivity index (χ1) is 8.90. The number of ether oxygens (including phenoxy) is 1. The maximum atomic E-state index is 8.75. The van der Waals surface area contributed by atoms with Crippen LogP contribution < -0.4 is 9.64 Å². The summed E-state index contributed by atoms with van der Waals surface area (Å²) >= 11 is 0. The van der Waals surface area contributed by atoms with Gasteiger partial charge in [0.05, 0.1) is 13.3 Å². The Hall–Kier alpha value is -1.71. The second-order valence-electron chi connectivity index (χ2n) is 5.87. The highest BCUT2D eigenvalue weighted by Crippen LogP contribution is 2.44. The Morgan fingerprint density at radius 3 is 2.74 bits per heavy atom. The fraction of sp³-hybridized carbons (Fsp3) is 0.533. The van der Waals surface area contributed by atoms with Crippen LogP contribution in [0, 0.1) is 0 Å². The minimum Gasteiger partial charge on any atom is -0.496 e. The van der Waals surface area contributed by atoms with Crippen LogP contribution in [0.4, 0.5) is 5.69 Å². The minimum absolute atomic E-state index is 0.129. The monoisotopic (exact) mass is 262 g/mol. The van der Waals surface area contributed by atoms with Crippen LogP contribution in [0.3, 0.4) is 0 Å². The van der Waals surface area contributed by atoms with Gasteiger partial charge in [-0.1, -0.05) is 12.1 Å². The summed E-state index contributed by atoms with van der Waals surface area (Å²) in [4.78, 5) is 2.30. The normalized spacial score (nSPS) is 21.5. The van der Waals surface area contributed by atoms with E-state index in [4.69, 9.17) is 9.94 Å². The van der Waals surface area contributed by atoms with Crippen LogP contribution in [0.15, 0.2) is 17.3 Å². The molecule has 1 atom stereocenters. The zero-order valence-corrected chi connectivity index (χ0v) is 12.3. The molecule has 104 valence electrons. The number of nitrogens with zero attached hydrogens (tertiary/aromatic N) is 2. The van der Waals surface area contributed by atoms with Gasteiger partial charge >= 0.3 is 0 Å². The Morgan fingerprint density at radius 1 is 1.47 bits per heavy atom. The highest BCUT2D eigenvalue weighted by molar-refractivity contribution is 5.85. The van der Waals surface area contributed by atoms with Crippen molar-refractivity contribution < 1.29 is 9.94 Å². The number of benzene rings is 1. The Balaban J connectivity index is 2.60. The van der Waals surface area contributed by atoms with Crippen LogP contribution in [0.25, 0.3) is 0 Å². The average Bonchev–Trinajstić information content (AvgIpc) is 2.35. The molecule has 0 fully saturated rings. The maximum Gasteiger partial charge on any atom is 0.129 e. The van der Waals surface area contributed by atoms with Crippen molar-refractivity contribution in [3.8, 4) is 5.75 Å². The third-order valence-corrected chi connectivity index (χ3v) is 4.18. The summed E-state index contributed by atoms with van der Waals surface area (Å²) in [5.41, 5.74) is 3.40. The van der Waals surface area contributed by atoms with E-state index in [1.807, 2.05) is 6.07 Å². The lowest BCUT2D eigenvalue weighted by Crippen LogP contribution is -2.45. The van der Waals surface area contributed by atoms with Gasteiger partial charge in [-0.2, -0.15) is 0 Å². The van der Waals surface area contributed by atoms with Crippen molar-refractivity contribution in [3.63, 3.8) is 0 Å². The van der Waals surface area contributed by atoms with Gasteiger partial charge in [-0.3, -0.25) is 0 Å². The van der Waals surface area contributed by atoms with Gasteiger partial charge in [0.2, 0.25) is 0 Å². The van der Waals surface area contributed by atoms with E-state index in [2.05, 4.69) is 43.9 Å². The molecule has 4 nitrogen and oxygen atoms in total. The fourth-order valence-corrected chi connectivity index (χ4v) is 2.95. The second-order valence-corrected chi connectivity index (χ2v) is 5.87. The Labute approximate surface area is 114 Å². The number of hydrogen-bond acceptors (Lipinski definition) is 4. The summed E-state index contributed by atoms with van der Waals surface area (Å²) in [5, 5.41) is 11.9. The van der Waals surface area contributed by atoms with Crippen LogP contribution in [0.1, 0.15) is 44.2 Å². The molecule has 0 spiro atoms. The standard InChI is InChI=1S/C15H22N2O2/c1-10-8-15(2,3)17(4)13-7-14(19-5)11(9-16-18)6-12(10)13/h6-7,9-10,18H,8H2,1-5H3. The first kappa shape index (κ1) is 13.7. The molecule has 1 unspecified atom stereocenters. The smallest absolute Gasteiger partial charge is 0.129 e. The second kappa shape index (κ2) is 4.76. The number of fused-ring (bicyclic) bond motifs is 1. The molecule has 0 bridgehead atoms. The molecule has 1 aliphatic rings. The van der Waals surface area contributed by atoms with Gasteiger partial charge in [0.15, 0.2) is 0 Å². The first-order valence-corrected chi connectivity index (χ1v) is 6.54. The van der Waals surface area contributed by atoms with E-state index in [9.17, 15) is 0 Å². The molecule has 1 aliphatic heterocycles. The summed E-state index contributed by atoms with van der Waals surface area (Å²) in [6.07, 6.45) is 2.52. The largest absolute Gasteiger partial charge is 0.496 e. The molecule has 0 saturated carbocycles. The van der Waals surface area contributed by atoms with Crippen molar-refractivity contribution in [1.82, 2.24) is 0 Å². The lowest BCUT2D eigenvalue weighted by atomic mass is 9.80.